The fourth-order valence-electron chi connectivity index (χ4n) is 3.84. The average Bonchev–Trinajstić information content (AvgIpc) is 3.25. The zero-order valence-electron chi connectivity index (χ0n) is 16.2. The largest absolute Gasteiger partial charge is 0.478 e. The zero-order valence-corrected chi connectivity index (χ0v) is 17.0. The second-order valence-corrected chi connectivity index (χ2v) is 7.78. The molecular formula is C24H21ClN2O3. The van der Waals surface area contributed by atoms with E-state index in [0.29, 0.717) is 27.9 Å². The number of carbonyl (C=O) groups excluding carboxylic acids is 1. The minimum absolute atomic E-state index is 0.178. The van der Waals surface area contributed by atoms with Gasteiger partial charge in [0.25, 0.3) is 5.91 Å². The maximum absolute atomic E-state index is 12.4. The van der Waals surface area contributed by atoms with E-state index in [1.54, 1.807) is 36.4 Å². The molecule has 30 heavy (non-hydrogen) atoms. The van der Waals surface area contributed by atoms with E-state index in [1.807, 2.05) is 18.2 Å². The summed E-state index contributed by atoms with van der Waals surface area (Å²) in [5, 5.41) is 13.1. The SMILES string of the molecule is O=C(Nc1ccc(N2CCC(c3ccccc3)C2)c(C(=O)O)c1)c1ccc(Cl)cc1. The molecule has 1 aliphatic heterocycles. The number of carboxylic acid groups (broad SMARTS) is 1. The van der Waals surface area contributed by atoms with Crippen molar-refractivity contribution in [3.05, 3.63) is 94.5 Å². The Morgan fingerprint density at radius 2 is 1.73 bits per heavy atom. The number of hydrogen-bond donors (Lipinski definition) is 2. The molecule has 2 N–H and O–H groups in total. The number of aromatic carboxylic acids is 1. The number of amides is 1. The first kappa shape index (κ1) is 20.0. The van der Waals surface area contributed by atoms with Gasteiger partial charge in [-0.05, 0) is 54.4 Å². The number of rotatable bonds is 5. The monoisotopic (exact) mass is 420 g/mol. The van der Waals surface area contributed by atoms with Crippen molar-refractivity contribution in [3.8, 4) is 0 Å². The van der Waals surface area contributed by atoms with E-state index in [4.69, 9.17) is 11.6 Å². The van der Waals surface area contributed by atoms with Crippen LogP contribution < -0.4 is 10.2 Å². The van der Waals surface area contributed by atoms with Gasteiger partial charge in [-0.15, -0.1) is 0 Å². The molecule has 1 aliphatic rings. The fraction of sp³-hybridized carbons (Fsp3) is 0.167. The highest BCUT2D eigenvalue weighted by molar-refractivity contribution is 6.30. The van der Waals surface area contributed by atoms with Crippen molar-refractivity contribution < 1.29 is 14.7 Å². The highest BCUT2D eigenvalue weighted by atomic mass is 35.5. The Kier molecular flexibility index (Phi) is 5.72. The predicted molar refractivity (Wildman–Crippen MR) is 119 cm³/mol. The van der Waals surface area contributed by atoms with E-state index in [1.165, 1.54) is 11.6 Å². The van der Waals surface area contributed by atoms with Crippen molar-refractivity contribution in [2.45, 2.75) is 12.3 Å². The average molecular weight is 421 g/mol. The number of anilines is 2. The molecule has 0 bridgehead atoms. The number of nitrogens with one attached hydrogen (secondary N) is 1. The van der Waals surface area contributed by atoms with Gasteiger partial charge in [0.1, 0.15) is 0 Å². The van der Waals surface area contributed by atoms with E-state index >= 15 is 0 Å². The molecule has 0 spiro atoms. The van der Waals surface area contributed by atoms with Gasteiger partial charge in [0.05, 0.1) is 11.3 Å². The summed E-state index contributed by atoms with van der Waals surface area (Å²) in [6, 6.07) is 21.8. The summed E-state index contributed by atoms with van der Waals surface area (Å²) in [7, 11) is 0. The fourth-order valence-corrected chi connectivity index (χ4v) is 3.97. The summed E-state index contributed by atoms with van der Waals surface area (Å²) >= 11 is 5.86. The van der Waals surface area contributed by atoms with Crippen LogP contribution in [0.25, 0.3) is 0 Å². The summed E-state index contributed by atoms with van der Waals surface area (Å²) < 4.78 is 0. The van der Waals surface area contributed by atoms with E-state index in [-0.39, 0.29) is 11.5 Å². The second-order valence-electron chi connectivity index (χ2n) is 7.34. The lowest BCUT2D eigenvalue weighted by molar-refractivity contribution is 0.0697. The van der Waals surface area contributed by atoms with Crippen LogP contribution in [0.3, 0.4) is 0 Å². The van der Waals surface area contributed by atoms with Gasteiger partial charge >= 0.3 is 5.97 Å². The van der Waals surface area contributed by atoms with E-state index in [9.17, 15) is 14.7 Å². The maximum atomic E-state index is 12.4. The molecule has 4 rings (SSSR count). The highest BCUT2D eigenvalue weighted by Gasteiger charge is 2.27. The zero-order chi connectivity index (χ0) is 21.1. The molecule has 5 nitrogen and oxygen atoms in total. The number of benzene rings is 3. The van der Waals surface area contributed by atoms with Gasteiger partial charge in [0.2, 0.25) is 0 Å². The molecule has 1 amide bonds. The van der Waals surface area contributed by atoms with Crippen LogP contribution in [0.5, 0.6) is 0 Å². The summed E-state index contributed by atoms with van der Waals surface area (Å²) in [5.41, 5.74) is 3.01. The summed E-state index contributed by atoms with van der Waals surface area (Å²) in [5.74, 6) is -0.964. The van der Waals surface area contributed by atoms with Crippen molar-refractivity contribution in [1.29, 1.82) is 0 Å². The molecule has 152 valence electrons. The first-order valence-electron chi connectivity index (χ1n) is 9.75. The summed E-state index contributed by atoms with van der Waals surface area (Å²) in [4.78, 5) is 26.5. The van der Waals surface area contributed by atoms with Gasteiger partial charge in [-0.3, -0.25) is 4.79 Å². The third-order valence-electron chi connectivity index (χ3n) is 5.39. The van der Waals surface area contributed by atoms with Crippen LogP contribution in [0.15, 0.2) is 72.8 Å². The first-order valence-corrected chi connectivity index (χ1v) is 10.1. The topological polar surface area (TPSA) is 69.6 Å². The maximum Gasteiger partial charge on any atom is 0.337 e. The third-order valence-corrected chi connectivity index (χ3v) is 5.64. The number of carbonyl (C=O) groups is 2. The molecule has 1 heterocycles. The Balaban J connectivity index is 1.53. The molecule has 3 aromatic carbocycles. The summed E-state index contributed by atoms with van der Waals surface area (Å²) in [6.07, 6.45) is 0.970. The van der Waals surface area contributed by atoms with Crippen LogP contribution in [0.1, 0.15) is 38.6 Å². The highest BCUT2D eigenvalue weighted by Crippen LogP contribution is 2.33. The van der Waals surface area contributed by atoms with Gasteiger partial charge in [0, 0.05) is 35.3 Å². The Morgan fingerprint density at radius 1 is 1.00 bits per heavy atom. The molecule has 0 aliphatic carbocycles. The smallest absolute Gasteiger partial charge is 0.337 e. The normalized spacial score (nSPS) is 15.8. The standard InChI is InChI=1S/C24H21ClN2O3/c25-19-8-6-17(7-9-19)23(28)26-20-10-11-22(21(14-20)24(29)30)27-13-12-18(15-27)16-4-2-1-3-5-16/h1-11,14,18H,12-13,15H2,(H,26,28)(H,29,30). The quantitative estimate of drug-likeness (QED) is 0.588. The van der Waals surface area contributed by atoms with Crippen LogP contribution in [-0.4, -0.2) is 30.1 Å². The van der Waals surface area contributed by atoms with Crippen LogP contribution in [0.2, 0.25) is 5.02 Å². The molecule has 0 aromatic heterocycles. The van der Waals surface area contributed by atoms with Gasteiger partial charge < -0.3 is 15.3 Å². The molecule has 1 saturated heterocycles. The molecular weight excluding hydrogens is 400 g/mol. The molecule has 6 heteroatoms. The second kappa shape index (κ2) is 8.59. The molecule has 1 unspecified atom stereocenters. The van der Waals surface area contributed by atoms with Crippen molar-refractivity contribution in [3.63, 3.8) is 0 Å². The number of halogens is 1. The lowest BCUT2D eigenvalue weighted by Gasteiger charge is -2.21. The first-order chi connectivity index (χ1) is 14.5. The predicted octanol–water partition coefficient (Wildman–Crippen LogP) is 5.28. The number of carboxylic acids is 1. The van der Waals surface area contributed by atoms with Crippen molar-refractivity contribution >= 4 is 34.9 Å². The van der Waals surface area contributed by atoms with Crippen molar-refractivity contribution in [1.82, 2.24) is 0 Å². The van der Waals surface area contributed by atoms with E-state index in [0.717, 1.165) is 19.5 Å². The van der Waals surface area contributed by atoms with Crippen LogP contribution in [0, 0.1) is 0 Å². The molecule has 1 fully saturated rings. The Hall–Kier alpha value is -3.31. The van der Waals surface area contributed by atoms with E-state index in [2.05, 4.69) is 22.3 Å². The third kappa shape index (κ3) is 4.31. The van der Waals surface area contributed by atoms with Gasteiger partial charge in [-0.2, -0.15) is 0 Å². The van der Waals surface area contributed by atoms with Gasteiger partial charge in [-0.1, -0.05) is 41.9 Å². The Bertz CT molecular complexity index is 1070. The lowest BCUT2D eigenvalue weighted by Crippen LogP contribution is -2.22. The lowest BCUT2D eigenvalue weighted by atomic mass is 9.99. The summed E-state index contributed by atoms with van der Waals surface area (Å²) in [6.45, 7) is 1.55. The van der Waals surface area contributed by atoms with Gasteiger partial charge in [-0.25, -0.2) is 4.79 Å². The number of hydrogen-bond acceptors (Lipinski definition) is 3. The Morgan fingerprint density at radius 3 is 2.43 bits per heavy atom. The van der Waals surface area contributed by atoms with Crippen LogP contribution in [-0.2, 0) is 0 Å². The molecule has 3 aromatic rings. The minimum Gasteiger partial charge on any atom is -0.478 e. The van der Waals surface area contributed by atoms with Gasteiger partial charge in [0.15, 0.2) is 0 Å². The van der Waals surface area contributed by atoms with Crippen molar-refractivity contribution in [2.75, 3.05) is 23.3 Å². The molecule has 1 atom stereocenters. The Labute approximate surface area is 179 Å². The van der Waals surface area contributed by atoms with Crippen LogP contribution in [0.4, 0.5) is 11.4 Å². The van der Waals surface area contributed by atoms with Crippen LogP contribution >= 0.6 is 11.6 Å². The minimum atomic E-state index is -1.02. The van der Waals surface area contributed by atoms with E-state index < -0.39 is 5.97 Å². The molecule has 0 radical (unpaired) electrons. The molecule has 0 saturated carbocycles. The van der Waals surface area contributed by atoms with Crippen molar-refractivity contribution in [2.24, 2.45) is 0 Å². The number of nitrogens with zero attached hydrogens (tertiary/aromatic N) is 1.